The van der Waals surface area contributed by atoms with E-state index in [2.05, 4.69) is 11.1 Å². The molecule has 2 heterocycles. The van der Waals surface area contributed by atoms with E-state index in [1.807, 2.05) is 6.92 Å². The number of carbonyl (C=O) groups excluding carboxylic acids is 1. The zero-order valence-electron chi connectivity index (χ0n) is 19.6. The lowest BCUT2D eigenvalue weighted by Gasteiger charge is -2.20. The molecule has 4 rings (SSSR count). The SMILES string of the molecule is CCC(C(=O)Cc1ccc2c(c1)CC(C(=O)O)=N2)n1cc(OC)c(-c2cc(Cl)ccc2C#N)cc1=O. The number of Topliss-reactive ketones (excluding diaryl/α,β-unsaturated/α-hetero) is 1. The largest absolute Gasteiger partial charge is 0.495 e. The summed E-state index contributed by atoms with van der Waals surface area (Å²) in [7, 11) is 1.45. The van der Waals surface area contributed by atoms with Gasteiger partial charge in [0.15, 0.2) is 5.78 Å². The van der Waals surface area contributed by atoms with Crippen LogP contribution in [0, 0.1) is 11.3 Å². The number of pyridine rings is 1. The molecule has 3 aromatic rings. The van der Waals surface area contributed by atoms with E-state index < -0.39 is 17.6 Å². The van der Waals surface area contributed by atoms with Gasteiger partial charge in [0.1, 0.15) is 11.5 Å². The number of aliphatic imine (C=N–C) groups is 1. The molecule has 8 nitrogen and oxygen atoms in total. The van der Waals surface area contributed by atoms with Crippen molar-refractivity contribution in [2.24, 2.45) is 4.99 Å². The monoisotopic (exact) mass is 503 g/mol. The number of carbonyl (C=O) groups is 2. The first-order chi connectivity index (χ1) is 17.2. The highest BCUT2D eigenvalue weighted by atomic mass is 35.5. The normalized spacial score (nSPS) is 12.9. The average Bonchev–Trinajstić information content (AvgIpc) is 3.29. The highest BCUT2D eigenvalue weighted by Gasteiger charge is 2.24. The van der Waals surface area contributed by atoms with E-state index in [0.717, 1.165) is 5.56 Å². The molecule has 1 aliphatic rings. The van der Waals surface area contributed by atoms with Gasteiger partial charge in [0.25, 0.3) is 5.56 Å². The summed E-state index contributed by atoms with van der Waals surface area (Å²) in [4.78, 5) is 41.7. The summed E-state index contributed by atoms with van der Waals surface area (Å²) in [6.45, 7) is 1.82. The molecule has 0 amide bonds. The summed E-state index contributed by atoms with van der Waals surface area (Å²) >= 11 is 6.13. The summed E-state index contributed by atoms with van der Waals surface area (Å²) in [5, 5.41) is 19.1. The summed E-state index contributed by atoms with van der Waals surface area (Å²) in [5.41, 5.74) is 2.92. The molecule has 0 fully saturated rings. The smallest absolute Gasteiger partial charge is 0.350 e. The Kier molecular flexibility index (Phi) is 7.04. The number of ether oxygens (including phenoxy) is 1. The minimum atomic E-state index is -1.06. The van der Waals surface area contributed by atoms with Crippen molar-refractivity contribution in [3.8, 4) is 22.9 Å². The van der Waals surface area contributed by atoms with Crippen molar-refractivity contribution in [3.05, 3.63) is 80.7 Å². The van der Waals surface area contributed by atoms with Crippen LogP contribution in [0.4, 0.5) is 5.69 Å². The van der Waals surface area contributed by atoms with E-state index in [9.17, 15) is 24.8 Å². The maximum atomic E-state index is 13.3. The molecule has 0 radical (unpaired) electrons. The third kappa shape index (κ3) is 4.79. The lowest BCUT2D eigenvalue weighted by molar-refractivity contribution is -0.129. The second-order valence-electron chi connectivity index (χ2n) is 8.37. The quantitative estimate of drug-likeness (QED) is 0.482. The number of ketones is 1. The van der Waals surface area contributed by atoms with Gasteiger partial charge in [0.05, 0.1) is 36.7 Å². The Morgan fingerprint density at radius 2 is 2.00 bits per heavy atom. The maximum absolute atomic E-state index is 13.3. The van der Waals surface area contributed by atoms with Gasteiger partial charge < -0.3 is 14.4 Å². The topological polar surface area (TPSA) is 122 Å². The average molecular weight is 504 g/mol. The van der Waals surface area contributed by atoms with Crippen molar-refractivity contribution in [2.45, 2.75) is 32.2 Å². The highest BCUT2D eigenvalue weighted by molar-refractivity contribution is 6.37. The van der Waals surface area contributed by atoms with Crippen LogP contribution in [0.25, 0.3) is 11.1 Å². The lowest BCUT2D eigenvalue weighted by Crippen LogP contribution is -2.30. The number of benzene rings is 2. The van der Waals surface area contributed by atoms with Gasteiger partial charge in [-0.3, -0.25) is 9.59 Å². The van der Waals surface area contributed by atoms with Crippen LogP contribution in [-0.4, -0.2) is 34.2 Å². The third-order valence-corrected chi connectivity index (χ3v) is 6.37. The van der Waals surface area contributed by atoms with Gasteiger partial charge in [-0.2, -0.15) is 5.26 Å². The van der Waals surface area contributed by atoms with Gasteiger partial charge in [-0.25, -0.2) is 9.79 Å². The van der Waals surface area contributed by atoms with Crippen LogP contribution in [-0.2, 0) is 22.4 Å². The number of nitrogens with zero attached hydrogens (tertiary/aromatic N) is 3. The molecule has 1 aliphatic heterocycles. The van der Waals surface area contributed by atoms with Gasteiger partial charge in [-0.15, -0.1) is 0 Å². The fourth-order valence-corrected chi connectivity index (χ4v) is 4.54. The Hall–Kier alpha value is -4.22. The van der Waals surface area contributed by atoms with Crippen LogP contribution in [0.5, 0.6) is 5.75 Å². The zero-order chi connectivity index (χ0) is 26.0. The molecule has 0 saturated heterocycles. The molecule has 1 aromatic heterocycles. The van der Waals surface area contributed by atoms with E-state index in [0.29, 0.717) is 45.1 Å². The van der Waals surface area contributed by atoms with Gasteiger partial charge >= 0.3 is 5.97 Å². The molecule has 36 heavy (non-hydrogen) atoms. The van der Waals surface area contributed by atoms with Gasteiger partial charge in [0, 0.05) is 35.1 Å². The van der Waals surface area contributed by atoms with Crippen molar-refractivity contribution < 1.29 is 19.4 Å². The Labute approximate surface area is 212 Å². The number of carboxylic acids is 1. The summed E-state index contributed by atoms with van der Waals surface area (Å²) in [5.74, 6) is -0.908. The second-order valence-corrected chi connectivity index (χ2v) is 8.81. The molecular formula is C27H22ClN3O5. The van der Waals surface area contributed by atoms with Gasteiger partial charge in [-0.1, -0.05) is 30.7 Å². The first-order valence-electron chi connectivity index (χ1n) is 11.2. The van der Waals surface area contributed by atoms with Crippen LogP contribution in [0.1, 0.15) is 36.1 Å². The number of aromatic nitrogens is 1. The maximum Gasteiger partial charge on any atom is 0.350 e. The molecule has 1 atom stereocenters. The summed E-state index contributed by atoms with van der Waals surface area (Å²) < 4.78 is 6.87. The summed E-state index contributed by atoms with van der Waals surface area (Å²) in [6, 6.07) is 12.7. The van der Waals surface area contributed by atoms with E-state index in [-0.39, 0.29) is 24.3 Å². The van der Waals surface area contributed by atoms with Crippen LogP contribution in [0.2, 0.25) is 5.02 Å². The van der Waals surface area contributed by atoms with Crippen molar-refractivity contribution in [3.63, 3.8) is 0 Å². The van der Waals surface area contributed by atoms with Crippen molar-refractivity contribution in [1.29, 1.82) is 5.26 Å². The van der Waals surface area contributed by atoms with Crippen LogP contribution < -0.4 is 10.3 Å². The second kappa shape index (κ2) is 10.2. The highest BCUT2D eigenvalue weighted by Crippen LogP contribution is 2.34. The molecule has 0 saturated carbocycles. The Morgan fingerprint density at radius 3 is 2.67 bits per heavy atom. The summed E-state index contributed by atoms with van der Waals surface area (Å²) in [6.07, 6.45) is 2.13. The van der Waals surface area contributed by atoms with E-state index in [1.54, 1.807) is 36.4 Å². The van der Waals surface area contributed by atoms with Gasteiger partial charge in [-0.05, 0) is 41.8 Å². The predicted octanol–water partition coefficient (Wildman–Crippen LogP) is 4.53. The molecule has 2 aromatic carbocycles. The molecule has 1 N–H and O–H groups in total. The number of rotatable bonds is 8. The molecular weight excluding hydrogens is 482 g/mol. The molecule has 0 bridgehead atoms. The number of hydrogen-bond acceptors (Lipinski definition) is 6. The third-order valence-electron chi connectivity index (χ3n) is 6.13. The van der Waals surface area contributed by atoms with Gasteiger partial charge in [0.2, 0.25) is 0 Å². The molecule has 0 aliphatic carbocycles. The Morgan fingerprint density at radius 1 is 1.22 bits per heavy atom. The van der Waals surface area contributed by atoms with Crippen molar-refractivity contribution in [1.82, 2.24) is 4.57 Å². The fourth-order valence-electron chi connectivity index (χ4n) is 4.37. The van der Waals surface area contributed by atoms with Crippen molar-refractivity contribution >= 4 is 34.8 Å². The number of halogens is 1. The number of carboxylic acid groups (broad SMARTS) is 1. The fraction of sp³-hybridized carbons (Fsp3) is 0.222. The first-order valence-corrected chi connectivity index (χ1v) is 11.6. The Bertz CT molecular complexity index is 1520. The molecule has 9 heteroatoms. The van der Waals surface area contributed by atoms with Crippen LogP contribution in [0.3, 0.4) is 0 Å². The van der Waals surface area contributed by atoms with E-state index >= 15 is 0 Å². The lowest BCUT2D eigenvalue weighted by atomic mass is 9.97. The molecule has 182 valence electrons. The minimum Gasteiger partial charge on any atom is -0.495 e. The zero-order valence-corrected chi connectivity index (χ0v) is 20.4. The number of aliphatic carboxylic acids is 1. The van der Waals surface area contributed by atoms with E-state index in [4.69, 9.17) is 16.3 Å². The molecule has 0 spiro atoms. The number of nitriles is 1. The van der Waals surface area contributed by atoms with Crippen LogP contribution >= 0.6 is 11.6 Å². The van der Waals surface area contributed by atoms with Crippen LogP contribution in [0.15, 0.2) is 58.4 Å². The predicted molar refractivity (Wildman–Crippen MR) is 135 cm³/mol. The molecule has 1 unspecified atom stereocenters. The number of fused-ring (bicyclic) bond motifs is 1. The van der Waals surface area contributed by atoms with E-state index in [1.165, 1.54) is 23.9 Å². The first kappa shape index (κ1) is 24.9. The van der Waals surface area contributed by atoms with Crippen molar-refractivity contribution in [2.75, 3.05) is 7.11 Å². The minimum absolute atomic E-state index is 0.0670. The standard InChI is InChI=1S/C27H22ClN3O5/c1-3-23(24(32)9-15-4-7-21-17(8-15)10-22(30-21)27(34)35)31-14-25(36-2)20(12-26(31)33)19-11-18(28)6-5-16(19)13-29/h4-8,11-12,14,23H,3,9-10H2,1-2H3,(H,34,35). The number of methoxy groups -OCH3 is 1. The Balaban J connectivity index is 1.64. The number of hydrogen-bond donors (Lipinski definition) is 1.